The number of aliphatic hydroxyl groups is 1. The van der Waals surface area contributed by atoms with Crippen LogP contribution < -0.4 is 0 Å². The molecule has 0 saturated carbocycles. The van der Waals surface area contributed by atoms with E-state index in [1.165, 1.54) is 0 Å². The minimum atomic E-state index is -0.413. The Balaban J connectivity index is 2.42. The number of benzene rings is 1. The van der Waals surface area contributed by atoms with E-state index in [0.29, 0.717) is 12.0 Å². The average Bonchev–Trinajstić information content (AvgIpc) is 2.35. The summed E-state index contributed by atoms with van der Waals surface area (Å²) in [5.41, 5.74) is 0.542. The van der Waals surface area contributed by atoms with Gasteiger partial charge in [-0.15, -0.1) is 0 Å². The molecule has 1 rings (SSSR count). The Morgan fingerprint density at radius 3 is 2.56 bits per heavy atom. The van der Waals surface area contributed by atoms with Crippen LogP contribution in [0.5, 0.6) is 0 Å². The van der Waals surface area contributed by atoms with Crippen LogP contribution in [0.4, 0.5) is 0 Å². The number of ether oxygens (including phenoxy) is 1. The van der Waals surface area contributed by atoms with Crippen LogP contribution in [0.2, 0.25) is 0 Å². The summed E-state index contributed by atoms with van der Waals surface area (Å²) in [6, 6.07) is 8.86. The van der Waals surface area contributed by atoms with Crippen molar-refractivity contribution in [2.75, 3.05) is 6.61 Å². The molecular weight excluding hydrogens is 204 g/mol. The maximum Gasteiger partial charge on any atom is 0.338 e. The Morgan fingerprint density at radius 2 is 2.00 bits per heavy atom. The van der Waals surface area contributed by atoms with Crippen LogP contribution in [0.25, 0.3) is 0 Å². The van der Waals surface area contributed by atoms with Gasteiger partial charge in [-0.2, -0.15) is 0 Å². The van der Waals surface area contributed by atoms with Gasteiger partial charge in [0.05, 0.1) is 18.3 Å². The van der Waals surface area contributed by atoms with Gasteiger partial charge in [0.2, 0.25) is 0 Å². The highest BCUT2D eigenvalue weighted by atomic mass is 16.5. The summed E-state index contributed by atoms with van der Waals surface area (Å²) in [5.74, 6) is -0.367. The molecule has 3 nitrogen and oxygen atoms in total. The molecule has 3 heteroatoms. The molecule has 2 unspecified atom stereocenters. The molecule has 0 spiro atoms. The van der Waals surface area contributed by atoms with Crippen molar-refractivity contribution < 1.29 is 14.6 Å². The van der Waals surface area contributed by atoms with E-state index in [4.69, 9.17) is 4.74 Å². The lowest BCUT2D eigenvalue weighted by atomic mass is 10.0. The highest BCUT2D eigenvalue weighted by molar-refractivity contribution is 5.89. The van der Waals surface area contributed by atoms with Gasteiger partial charge in [-0.05, 0) is 18.6 Å². The van der Waals surface area contributed by atoms with Gasteiger partial charge in [0.25, 0.3) is 0 Å². The van der Waals surface area contributed by atoms with Crippen LogP contribution in [-0.2, 0) is 4.74 Å². The molecule has 1 aromatic carbocycles. The molecule has 0 heterocycles. The molecule has 16 heavy (non-hydrogen) atoms. The van der Waals surface area contributed by atoms with Crippen LogP contribution in [0.1, 0.15) is 30.6 Å². The van der Waals surface area contributed by atoms with Gasteiger partial charge in [-0.25, -0.2) is 4.79 Å². The topological polar surface area (TPSA) is 46.5 Å². The van der Waals surface area contributed by atoms with Crippen LogP contribution >= 0.6 is 0 Å². The molecule has 0 radical (unpaired) electrons. The van der Waals surface area contributed by atoms with Crippen molar-refractivity contribution in [1.82, 2.24) is 0 Å². The van der Waals surface area contributed by atoms with E-state index in [-0.39, 0.29) is 18.5 Å². The highest BCUT2D eigenvalue weighted by Crippen LogP contribution is 2.09. The number of hydrogen-bond donors (Lipinski definition) is 1. The van der Waals surface area contributed by atoms with Gasteiger partial charge in [0.15, 0.2) is 0 Å². The lowest BCUT2D eigenvalue weighted by Crippen LogP contribution is -2.23. The summed E-state index contributed by atoms with van der Waals surface area (Å²) in [5, 5.41) is 9.52. The van der Waals surface area contributed by atoms with Crippen molar-refractivity contribution in [2.45, 2.75) is 26.4 Å². The first-order valence-corrected chi connectivity index (χ1v) is 5.55. The Hall–Kier alpha value is -1.35. The van der Waals surface area contributed by atoms with Crippen molar-refractivity contribution in [1.29, 1.82) is 0 Å². The second-order valence-electron chi connectivity index (χ2n) is 3.92. The molecule has 0 saturated heterocycles. The Bertz CT molecular complexity index is 321. The summed E-state index contributed by atoms with van der Waals surface area (Å²) < 4.78 is 5.11. The number of aliphatic hydroxyl groups excluding tert-OH is 1. The van der Waals surface area contributed by atoms with Crippen LogP contribution in [0.15, 0.2) is 30.3 Å². The fraction of sp³-hybridized carbons (Fsp3) is 0.462. The van der Waals surface area contributed by atoms with Crippen molar-refractivity contribution in [3.05, 3.63) is 35.9 Å². The second-order valence-corrected chi connectivity index (χ2v) is 3.92. The summed E-state index contributed by atoms with van der Waals surface area (Å²) >= 11 is 0. The Kier molecular flexibility index (Phi) is 4.99. The lowest BCUT2D eigenvalue weighted by molar-refractivity contribution is 0.0260. The third kappa shape index (κ3) is 3.66. The number of rotatable bonds is 5. The third-order valence-electron chi connectivity index (χ3n) is 2.56. The van der Waals surface area contributed by atoms with E-state index < -0.39 is 6.10 Å². The highest BCUT2D eigenvalue weighted by Gasteiger charge is 2.15. The van der Waals surface area contributed by atoms with Crippen LogP contribution in [0.3, 0.4) is 0 Å². The fourth-order valence-corrected chi connectivity index (χ4v) is 1.38. The van der Waals surface area contributed by atoms with Crippen LogP contribution in [0, 0.1) is 5.92 Å². The molecule has 2 atom stereocenters. The number of hydrogen-bond acceptors (Lipinski definition) is 3. The standard InChI is InChI=1S/C13H18O3/c1-3-12(14)10(2)9-16-13(15)11-7-5-4-6-8-11/h4-8,10,12,14H,3,9H2,1-2H3. The predicted octanol–water partition coefficient (Wildman–Crippen LogP) is 2.25. The van der Waals surface area contributed by atoms with Gasteiger partial charge >= 0.3 is 5.97 Å². The zero-order valence-electron chi connectivity index (χ0n) is 9.72. The summed E-state index contributed by atoms with van der Waals surface area (Å²) in [7, 11) is 0. The molecule has 0 fully saturated rings. The van der Waals surface area contributed by atoms with Gasteiger partial charge in [-0.1, -0.05) is 32.0 Å². The molecule has 0 aliphatic rings. The molecule has 0 bridgehead atoms. The zero-order chi connectivity index (χ0) is 12.0. The predicted molar refractivity (Wildman–Crippen MR) is 62.2 cm³/mol. The van der Waals surface area contributed by atoms with Crippen molar-refractivity contribution >= 4 is 5.97 Å². The average molecular weight is 222 g/mol. The molecule has 0 aliphatic heterocycles. The molecule has 1 aromatic rings. The summed E-state index contributed by atoms with van der Waals surface area (Å²) in [6.07, 6.45) is 0.257. The van der Waals surface area contributed by atoms with Gasteiger partial charge < -0.3 is 9.84 Å². The largest absolute Gasteiger partial charge is 0.462 e. The zero-order valence-corrected chi connectivity index (χ0v) is 9.72. The van der Waals surface area contributed by atoms with E-state index >= 15 is 0 Å². The van der Waals surface area contributed by atoms with Gasteiger partial charge in [0.1, 0.15) is 0 Å². The molecule has 0 aromatic heterocycles. The summed E-state index contributed by atoms with van der Waals surface area (Å²) in [4.78, 5) is 11.6. The normalized spacial score (nSPS) is 14.2. The molecule has 0 amide bonds. The van der Waals surface area contributed by atoms with Crippen molar-refractivity contribution in [2.24, 2.45) is 5.92 Å². The SMILES string of the molecule is CCC(O)C(C)COC(=O)c1ccccc1. The monoisotopic (exact) mass is 222 g/mol. The van der Waals surface area contributed by atoms with E-state index in [9.17, 15) is 9.90 Å². The van der Waals surface area contributed by atoms with Gasteiger partial charge in [0, 0.05) is 5.92 Å². The quantitative estimate of drug-likeness (QED) is 0.777. The smallest absolute Gasteiger partial charge is 0.338 e. The maximum absolute atomic E-state index is 11.6. The Labute approximate surface area is 96.1 Å². The minimum Gasteiger partial charge on any atom is -0.462 e. The van der Waals surface area contributed by atoms with Crippen LogP contribution in [-0.4, -0.2) is 23.8 Å². The van der Waals surface area contributed by atoms with Gasteiger partial charge in [-0.3, -0.25) is 0 Å². The Morgan fingerprint density at radius 1 is 1.38 bits per heavy atom. The van der Waals surface area contributed by atoms with E-state index in [2.05, 4.69) is 0 Å². The number of esters is 1. The van der Waals surface area contributed by atoms with E-state index in [1.54, 1.807) is 24.3 Å². The lowest BCUT2D eigenvalue weighted by Gasteiger charge is -2.16. The first-order valence-electron chi connectivity index (χ1n) is 5.55. The maximum atomic E-state index is 11.6. The minimum absolute atomic E-state index is 0.0299. The molecule has 88 valence electrons. The number of carbonyl (C=O) groups excluding carboxylic acids is 1. The van der Waals surface area contributed by atoms with E-state index in [1.807, 2.05) is 19.9 Å². The molecule has 1 N–H and O–H groups in total. The number of carbonyl (C=O) groups is 1. The molecular formula is C13H18O3. The first kappa shape index (κ1) is 12.7. The first-order chi connectivity index (χ1) is 7.65. The second kappa shape index (κ2) is 6.28. The fourth-order valence-electron chi connectivity index (χ4n) is 1.38. The third-order valence-corrected chi connectivity index (χ3v) is 2.56. The summed E-state index contributed by atoms with van der Waals surface area (Å²) in [6.45, 7) is 4.02. The molecule has 0 aliphatic carbocycles. The van der Waals surface area contributed by atoms with Crippen molar-refractivity contribution in [3.8, 4) is 0 Å². The van der Waals surface area contributed by atoms with Crippen molar-refractivity contribution in [3.63, 3.8) is 0 Å². The van der Waals surface area contributed by atoms with E-state index in [0.717, 1.165) is 0 Å².